The molecule has 42 heavy (non-hydrogen) atoms. The maximum Gasteiger partial charge on any atom is 0.338 e. The topological polar surface area (TPSA) is 97.6 Å². The number of unbranched alkanes of at least 4 members (excludes halogenated alkanes) is 2. The normalized spacial score (nSPS) is 14.7. The number of nitrogens with zero attached hydrogens (tertiary/aromatic N) is 2. The average Bonchev–Trinajstić information content (AvgIpc) is 3.29. The van der Waals surface area contributed by atoms with Gasteiger partial charge in [-0.2, -0.15) is 0 Å². The van der Waals surface area contributed by atoms with Gasteiger partial charge in [-0.15, -0.1) is 0 Å². The number of rotatable bonds is 13. The molecule has 10 heteroatoms. The summed E-state index contributed by atoms with van der Waals surface area (Å²) in [5.74, 6) is 1.57. The minimum absolute atomic E-state index is 0.181. The maximum absolute atomic E-state index is 14.2. The van der Waals surface area contributed by atoms with Gasteiger partial charge in [0.05, 0.1) is 49.8 Å². The summed E-state index contributed by atoms with van der Waals surface area (Å²) < 4.78 is 30.7. The Balaban J connectivity index is 1.95. The molecule has 0 amide bonds. The number of benzene rings is 2. The second kappa shape index (κ2) is 14.2. The lowest BCUT2D eigenvalue weighted by molar-refractivity contribution is -0.139. The highest BCUT2D eigenvalue weighted by atomic mass is 32.1. The molecule has 1 atom stereocenters. The lowest BCUT2D eigenvalue weighted by atomic mass is 9.94. The molecule has 3 aromatic rings. The van der Waals surface area contributed by atoms with Crippen LogP contribution in [-0.2, 0) is 9.53 Å². The first-order valence-electron chi connectivity index (χ1n) is 14.2. The van der Waals surface area contributed by atoms with Gasteiger partial charge in [-0.25, -0.2) is 9.79 Å². The van der Waals surface area contributed by atoms with E-state index >= 15 is 0 Å². The molecule has 0 N–H and O–H groups in total. The number of thiazole rings is 1. The third-order valence-corrected chi connectivity index (χ3v) is 7.82. The molecular formula is C32H38N2O7S. The third kappa shape index (κ3) is 6.23. The van der Waals surface area contributed by atoms with Crippen LogP contribution in [0.4, 0.5) is 0 Å². The van der Waals surface area contributed by atoms with Gasteiger partial charge in [0, 0.05) is 11.1 Å². The fraction of sp³-hybridized carbons (Fsp3) is 0.406. The molecule has 2 heterocycles. The van der Waals surface area contributed by atoms with Gasteiger partial charge in [0.2, 0.25) is 0 Å². The Kier molecular flexibility index (Phi) is 10.5. The molecule has 0 spiro atoms. The third-order valence-electron chi connectivity index (χ3n) is 6.84. The highest BCUT2D eigenvalue weighted by Crippen LogP contribution is 2.41. The Bertz CT molecular complexity index is 1640. The van der Waals surface area contributed by atoms with E-state index in [1.54, 1.807) is 40.2 Å². The number of ether oxygens (including phenoxy) is 5. The monoisotopic (exact) mass is 594 g/mol. The van der Waals surface area contributed by atoms with E-state index in [9.17, 15) is 9.59 Å². The first kappa shape index (κ1) is 30.9. The van der Waals surface area contributed by atoms with Crippen LogP contribution in [0.25, 0.3) is 6.08 Å². The number of methoxy groups -OCH3 is 2. The van der Waals surface area contributed by atoms with Gasteiger partial charge < -0.3 is 23.7 Å². The van der Waals surface area contributed by atoms with E-state index in [1.807, 2.05) is 37.3 Å². The smallest absolute Gasteiger partial charge is 0.338 e. The predicted octanol–water partition coefficient (Wildman–Crippen LogP) is 4.78. The Morgan fingerprint density at radius 2 is 1.69 bits per heavy atom. The van der Waals surface area contributed by atoms with E-state index < -0.39 is 12.0 Å². The predicted molar refractivity (Wildman–Crippen MR) is 163 cm³/mol. The second-order valence-corrected chi connectivity index (χ2v) is 10.6. The molecule has 0 saturated heterocycles. The maximum atomic E-state index is 14.2. The molecule has 1 aromatic heterocycles. The van der Waals surface area contributed by atoms with Gasteiger partial charge in [0.1, 0.15) is 6.04 Å². The molecule has 224 valence electrons. The van der Waals surface area contributed by atoms with Crippen molar-refractivity contribution in [1.82, 2.24) is 4.57 Å². The number of allylic oxidation sites excluding steroid dienone is 1. The number of aromatic nitrogens is 1. The summed E-state index contributed by atoms with van der Waals surface area (Å²) in [7, 11) is 3.14. The minimum atomic E-state index is -0.839. The molecule has 1 aliphatic heterocycles. The van der Waals surface area contributed by atoms with Crippen LogP contribution < -0.4 is 33.8 Å². The molecule has 2 aromatic carbocycles. The van der Waals surface area contributed by atoms with Crippen molar-refractivity contribution in [3.63, 3.8) is 0 Å². The van der Waals surface area contributed by atoms with E-state index in [1.165, 1.54) is 15.9 Å². The molecule has 0 unspecified atom stereocenters. The van der Waals surface area contributed by atoms with Crippen LogP contribution in [0.2, 0.25) is 0 Å². The largest absolute Gasteiger partial charge is 0.493 e. The number of esters is 1. The Morgan fingerprint density at radius 1 is 0.976 bits per heavy atom. The van der Waals surface area contributed by atoms with Crippen LogP contribution in [0.3, 0.4) is 0 Å². The Labute approximate surface area is 249 Å². The number of carbonyl (C=O) groups is 1. The zero-order chi connectivity index (χ0) is 30.2. The van der Waals surface area contributed by atoms with Crippen LogP contribution in [0, 0.1) is 0 Å². The summed E-state index contributed by atoms with van der Waals surface area (Å²) in [5, 5.41) is 0. The van der Waals surface area contributed by atoms with Crippen molar-refractivity contribution < 1.29 is 28.5 Å². The second-order valence-electron chi connectivity index (χ2n) is 9.55. The average molecular weight is 595 g/mol. The number of hydrogen-bond donors (Lipinski definition) is 0. The molecule has 0 saturated carbocycles. The van der Waals surface area contributed by atoms with Crippen LogP contribution >= 0.6 is 11.3 Å². The Morgan fingerprint density at radius 3 is 2.36 bits per heavy atom. The lowest BCUT2D eigenvalue weighted by Gasteiger charge is -2.26. The molecule has 1 aliphatic rings. The number of para-hydroxylation sites is 2. The number of fused-ring (bicyclic) bond motifs is 1. The standard InChI is InChI=1S/C32H38N2O7S/c1-7-10-11-18-41-28-21(14-12-16-23(28)37-5)19-25-30(35)34-27(22-15-13-17-24(38-6)29(22)39-8-2)26(31(36)40-9-3)20(4)33-32(34)42-25/h12-17,19,27H,7-11,18H2,1-6H3/b25-19+/t27-/m0/s1. The molecule has 0 bridgehead atoms. The van der Waals surface area contributed by atoms with E-state index in [0.29, 0.717) is 62.4 Å². The lowest BCUT2D eigenvalue weighted by Crippen LogP contribution is -2.40. The van der Waals surface area contributed by atoms with Crippen molar-refractivity contribution in [3.8, 4) is 23.0 Å². The van der Waals surface area contributed by atoms with Crippen LogP contribution in [0.1, 0.15) is 64.1 Å². The van der Waals surface area contributed by atoms with Crippen molar-refractivity contribution in [3.05, 3.63) is 78.5 Å². The highest BCUT2D eigenvalue weighted by molar-refractivity contribution is 7.07. The fourth-order valence-electron chi connectivity index (χ4n) is 4.92. The zero-order valence-corrected chi connectivity index (χ0v) is 25.8. The summed E-state index contributed by atoms with van der Waals surface area (Å²) in [6.45, 7) is 8.58. The molecule has 4 rings (SSSR count). The van der Waals surface area contributed by atoms with E-state index in [0.717, 1.165) is 19.3 Å². The highest BCUT2D eigenvalue weighted by Gasteiger charge is 2.36. The first-order valence-corrected chi connectivity index (χ1v) is 15.0. The SMILES string of the molecule is CCCCCOc1c(/C=c2/sc3n(c2=O)[C@@H](c2cccc(OC)c2OCC)C(C(=O)OCC)=C(C)N=3)cccc1OC. The molecule has 0 aliphatic carbocycles. The quantitative estimate of drug-likeness (QED) is 0.208. The van der Waals surface area contributed by atoms with Crippen molar-refractivity contribution in [2.24, 2.45) is 4.99 Å². The van der Waals surface area contributed by atoms with Crippen LogP contribution in [-0.4, -0.2) is 44.6 Å². The van der Waals surface area contributed by atoms with Crippen molar-refractivity contribution in [2.75, 3.05) is 34.0 Å². The van der Waals surface area contributed by atoms with Gasteiger partial charge in [0.25, 0.3) is 5.56 Å². The van der Waals surface area contributed by atoms with Gasteiger partial charge in [-0.1, -0.05) is 55.4 Å². The van der Waals surface area contributed by atoms with Crippen LogP contribution in [0.5, 0.6) is 23.0 Å². The summed E-state index contributed by atoms with van der Waals surface area (Å²) in [6, 6.07) is 10.2. The molecule has 0 fully saturated rings. The van der Waals surface area contributed by atoms with E-state index in [4.69, 9.17) is 23.7 Å². The zero-order valence-electron chi connectivity index (χ0n) is 25.0. The van der Waals surface area contributed by atoms with Crippen molar-refractivity contribution in [1.29, 1.82) is 0 Å². The first-order chi connectivity index (χ1) is 20.4. The molecule has 9 nitrogen and oxygen atoms in total. The Hall–Kier alpha value is -4.05. The molecular weight excluding hydrogens is 556 g/mol. The fourth-order valence-corrected chi connectivity index (χ4v) is 5.96. The van der Waals surface area contributed by atoms with Gasteiger partial charge >= 0.3 is 5.97 Å². The van der Waals surface area contributed by atoms with Crippen molar-refractivity contribution in [2.45, 2.75) is 53.0 Å². The summed E-state index contributed by atoms with van der Waals surface area (Å²) in [6.07, 6.45) is 4.83. The summed E-state index contributed by atoms with van der Waals surface area (Å²) in [4.78, 5) is 32.7. The molecule has 0 radical (unpaired) electrons. The van der Waals surface area contributed by atoms with Gasteiger partial charge in [-0.3, -0.25) is 9.36 Å². The minimum Gasteiger partial charge on any atom is -0.493 e. The summed E-state index contributed by atoms with van der Waals surface area (Å²) >= 11 is 1.24. The van der Waals surface area contributed by atoms with E-state index in [2.05, 4.69) is 11.9 Å². The van der Waals surface area contributed by atoms with Crippen LogP contribution in [0.15, 0.2) is 57.5 Å². The summed E-state index contributed by atoms with van der Waals surface area (Å²) in [5.41, 5.74) is 1.75. The van der Waals surface area contributed by atoms with Gasteiger partial charge in [-0.05, 0) is 45.4 Å². The van der Waals surface area contributed by atoms with Crippen molar-refractivity contribution >= 4 is 23.4 Å². The van der Waals surface area contributed by atoms with E-state index in [-0.39, 0.29) is 17.7 Å². The number of carbonyl (C=O) groups excluding carboxylic acids is 1. The van der Waals surface area contributed by atoms with Gasteiger partial charge in [0.15, 0.2) is 27.8 Å². The number of hydrogen-bond acceptors (Lipinski definition) is 9.